The summed E-state index contributed by atoms with van der Waals surface area (Å²) in [5.74, 6) is 0.416. The van der Waals surface area contributed by atoms with Gasteiger partial charge in [0.05, 0.1) is 11.3 Å². The fourth-order valence-electron chi connectivity index (χ4n) is 3.30. The lowest BCUT2D eigenvalue weighted by Gasteiger charge is -2.13. The number of benzene rings is 2. The number of amides is 1. The van der Waals surface area contributed by atoms with Crippen molar-refractivity contribution in [2.24, 2.45) is 0 Å². The van der Waals surface area contributed by atoms with Crippen molar-refractivity contribution < 1.29 is 4.79 Å². The van der Waals surface area contributed by atoms with E-state index in [0.29, 0.717) is 24.5 Å². The van der Waals surface area contributed by atoms with Crippen molar-refractivity contribution in [3.63, 3.8) is 0 Å². The van der Waals surface area contributed by atoms with Crippen LogP contribution >= 0.6 is 0 Å². The van der Waals surface area contributed by atoms with Gasteiger partial charge in [-0.25, -0.2) is 4.98 Å². The van der Waals surface area contributed by atoms with Crippen molar-refractivity contribution >= 4 is 11.7 Å². The summed E-state index contributed by atoms with van der Waals surface area (Å²) in [7, 11) is 0. The Hall–Kier alpha value is -3.99. The first kappa shape index (κ1) is 20.3. The molecule has 2 aromatic carbocycles. The molecule has 2 heterocycles. The second-order valence-corrected chi connectivity index (χ2v) is 7.17. The summed E-state index contributed by atoms with van der Waals surface area (Å²) in [5.41, 5.74) is 4.54. The summed E-state index contributed by atoms with van der Waals surface area (Å²) >= 11 is 0. The molecule has 2 N–H and O–H groups in total. The van der Waals surface area contributed by atoms with E-state index in [9.17, 15) is 4.79 Å². The smallest absolute Gasteiger partial charge is 0.255 e. The number of nitrogens with zero attached hydrogens (tertiary/aromatic N) is 2. The number of pyridine rings is 2. The zero-order valence-corrected chi connectivity index (χ0v) is 17.2. The van der Waals surface area contributed by atoms with E-state index >= 15 is 0 Å². The number of carbonyl (C=O) groups is 1. The van der Waals surface area contributed by atoms with Crippen LogP contribution in [-0.2, 0) is 13.0 Å². The van der Waals surface area contributed by atoms with Crippen LogP contribution in [0.25, 0.3) is 11.3 Å². The number of anilines is 1. The minimum absolute atomic E-state index is 0.168. The molecule has 0 fully saturated rings. The van der Waals surface area contributed by atoms with Crippen molar-refractivity contribution in [1.29, 1.82) is 0 Å². The Morgan fingerprint density at radius 2 is 1.55 bits per heavy atom. The molecule has 5 nitrogen and oxygen atoms in total. The molecule has 0 bridgehead atoms. The van der Waals surface area contributed by atoms with Gasteiger partial charge in [-0.1, -0.05) is 66.7 Å². The van der Waals surface area contributed by atoms with Crippen LogP contribution in [0.2, 0.25) is 0 Å². The highest BCUT2D eigenvalue weighted by atomic mass is 16.1. The van der Waals surface area contributed by atoms with Crippen LogP contribution < -0.4 is 10.6 Å². The average molecular weight is 409 g/mol. The predicted molar refractivity (Wildman–Crippen MR) is 124 cm³/mol. The third-order valence-electron chi connectivity index (χ3n) is 4.93. The highest BCUT2D eigenvalue weighted by molar-refractivity contribution is 5.99. The molecule has 0 unspecified atom stereocenters. The standard InChI is InChI=1S/C26H24N4O/c31-26(29-19-21-10-7-16-27-18-21)23-13-14-24(22-11-5-2-6-12-22)30-25(23)28-17-15-20-8-3-1-4-9-20/h1-14,16,18H,15,17,19H2,(H,28,30)(H,29,31). The summed E-state index contributed by atoms with van der Waals surface area (Å²) in [6, 6.07) is 27.7. The molecule has 0 saturated heterocycles. The summed E-state index contributed by atoms with van der Waals surface area (Å²) < 4.78 is 0. The van der Waals surface area contributed by atoms with E-state index in [1.165, 1.54) is 5.56 Å². The van der Waals surface area contributed by atoms with Crippen LogP contribution in [0, 0.1) is 0 Å². The van der Waals surface area contributed by atoms with Gasteiger partial charge in [-0.15, -0.1) is 0 Å². The van der Waals surface area contributed by atoms with Gasteiger partial charge in [0, 0.05) is 31.0 Å². The molecule has 0 spiro atoms. The predicted octanol–water partition coefficient (Wildman–Crippen LogP) is 4.73. The van der Waals surface area contributed by atoms with Gasteiger partial charge in [-0.2, -0.15) is 0 Å². The van der Waals surface area contributed by atoms with Crippen LogP contribution in [0.5, 0.6) is 0 Å². The molecule has 154 valence electrons. The number of hydrogen-bond donors (Lipinski definition) is 2. The van der Waals surface area contributed by atoms with Gasteiger partial charge in [0.15, 0.2) is 0 Å². The Morgan fingerprint density at radius 3 is 2.29 bits per heavy atom. The van der Waals surface area contributed by atoms with Crippen molar-refractivity contribution in [2.45, 2.75) is 13.0 Å². The van der Waals surface area contributed by atoms with Gasteiger partial charge in [-0.05, 0) is 35.7 Å². The van der Waals surface area contributed by atoms with Crippen molar-refractivity contribution in [3.8, 4) is 11.3 Å². The first-order valence-corrected chi connectivity index (χ1v) is 10.3. The third kappa shape index (κ3) is 5.54. The van der Waals surface area contributed by atoms with E-state index in [-0.39, 0.29) is 5.91 Å². The average Bonchev–Trinajstić information content (AvgIpc) is 2.84. The molecule has 31 heavy (non-hydrogen) atoms. The second kappa shape index (κ2) is 10.2. The Kier molecular flexibility index (Phi) is 6.65. The molecule has 4 aromatic rings. The molecule has 0 radical (unpaired) electrons. The Bertz CT molecular complexity index is 1120. The fraction of sp³-hybridized carbons (Fsp3) is 0.115. The van der Waals surface area contributed by atoms with E-state index in [2.05, 4.69) is 27.8 Å². The Labute approximate surface area is 182 Å². The number of aromatic nitrogens is 2. The summed E-state index contributed by atoms with van der Waals surface area (Å²) in [6.07, 6.45) is 4.30. The lowest BCUT2D eigenvalue weighted by atomic mass is 10.1. The van der Waals surface area contributed by atoms with Gasteiger partial charge in [-0.3, -0.25) is 9.78 Å². The second-order valence-electron chi connectivity index (χ2n) is 7.17. The van der Waals surface area contributed by atoms with Crippen molar-refractivity contribution in [3.05, 3.63) is 114 Å². The molecule has 0 atom stereocenters. The Morgan fingerprint density at radius 1 is 0.806 bits per heavy atom. The van der Waals surface area contributed by atoms with E-state index in [4.69, 9.17) is 4.98 Å². The van der Waals surface area contributed by atoms with Crippen molar-refractivity contribution in [2.75, 3.05) is 11.9 Å². The van der Waals surface area contributed by atoms with E-state index < -0.39 is 0 Å². The number of rotatable bonds is 8. The maximum Gasteiger partial charge on any atom is 0.255 e. The van der Waals surface area contributed by atoms with Gasteiger partial charge in [0.2, 0.25) is 0 Å². The minimum atomic E-state index is -0.168. The first-order chi connectivity index (χ1) is 15.3. The first-order valence-electron chi connectivity index (χ1n) is 10.3. The van der Waals surface area contributed by atoms with E-state index in [1.807, 2.05) is 72.8 Å². The minimum Gasteiger partial charge on any atom is -0.369 e. The maximum absolute atomic E-state index is 12.9. The third-order valence-corrected chi connectivity index (χ3v) is 4.93. The molecule has 1 amide bonds. The van der Waals surface area contributed by atoms with Gasteiger partial charge in [0.1, 0.15) is 5.82 Å². The van der Waals surface area contributed by atoms with Crippen LogP contribution in [0.1, 0.15) is 21.5 Å². The molecule has 0 saturated carbocycles. The molecule has 0 aliphatic heterocycles. The lowest BCUT2D eigenvalue weighted by molar-refractivity contribution is 0.0951. The normalized spacial score (nSPS) is 10.5. The lowest BCUT2D eigenvalue weighted by Crippen LogP contribution is -2.24. The van der Waals surface area contributed by atoms with Crippen LogP contribution in [0.15, 0.2) is 97.3 Å². The largest absolute Gasteiger partial charge is 0.369 e. The van der Waals surface area contributed by atoms with Crippen LogP contribution in [0.4, 0.5) is 5.82 Å². The number of hydrogen-bond acceptors (Lipinski definition) is 4. The van der Waals surface area contributed by atoms with E-state index in [1.54, 1.807) is 12.4 Å². The number of carbonyl (C=O) groups excluding carboxylic acids is 1. The molecule has 0 aliphatic carbocycles. The number of nitrogens with one attached hydrogen (secondary N) is 2. The van der Waals surface area contributed by atoms with Gasteiger partial charge < -0.3 is 10.6 Å². The zero-order chi connectivity index (χ0) is 21.3. The molecular weight excluding hydrogens is 384 g/mol. The molecule has 2 aromatic heterocycles. The van der Waals surface area contributed by atoms with Gasteiger partial charge in [0.25, 0.3) is 5.91 Å². The molecular formula is C26H24N4O. The fourth-order valence-corrected chi connectivity index (χ4v) is 3.30. The SMILES string of the molecule is O=C(NCc1cccnc1)c1ccc(-c2ccccc2)nc1NCCc1ccccc1. The van der Waals surface area contributed by atoms with Crippen LogP contribution in [0.3, 0.4) is 0 Å². The Balaban J connectivity index is 1.53. The quantitative estimate of drug-likeness (QED) is 0.442. The van der Waals surface area contributed by atoms with Crippen LogP contribution in [-0.4, -0.2) is 22.4 Å². The van der Waals surface area contributed by atoms with Crippen molar-refractivity contribution in [1.82, 2.24) is 15.3 Å². The highest BCUT2D eigenvalue weighted by Gasteiger charge is 2.14. The molecule has 5 heteroatoms. The van der Waals surface area contributed by atoms with E-state index in [0.717, 1.165) is 23.2 Å². The monoisotopic (exact) mass is 408 g/mol. The topological polar surface area (TPSA) is 66.9 Å². The summed E-state index contributed by atoms with van der Waals surface area (Å²) in [4.78, 5) is 21.8. The zero-order valence-electron chi connectivity index (χ0n) is 17.2. The molecule has 0 aliphatic rings. The van der Waals surface area contributed by atoms with Gasteiger partial charge >= 0.3 is 0 Å². The maximum atomic E-state index is 12.9. The summed E-state index contributed by atoms with van der Waals surface area (Å²) in [6.45, 7) is 1.09. The molecule has 4 rings (SSSR count). The highest BCUT2D eigenvalue weighted by Crippen LogP contribution is 2.22. The summed E-state index contributed by atoms with van der Waals surface area (Å²) in [5, 5.41) is 6.33.